The van der Waals surface area contributed by atoms with Gasteiger partial charge in [0.2, 0.25) is 0 Å². The first-order chi connectivity index (χ1) is 19.5. The molecule has 4 rings (SSSR count). The third kappa shape index (κ3) is 8.28. The quantitative estimate of drug-likeness (QED) is 0.236. The van der Waals surface area contributed by atoms with Crippen LogP contribution in [0.4, 0.5) is 4.39 Å². The SMILES string of the molecule is Cn1cncc1CC(OCc1ccc(C(=O)N[C@@H](CCS(C)(=O)=O)C(=O)O)c(-c2ccc(F)cc2)c1)c1nccs1. The van der Waals surface area contributed by atoms with Crippen molar-refractivity contribution in [2.24, 2.45) is 7.05 Å². The Morgan fingerprint density at radius 2 is 1.95 bits per heavy atom. The second-order valence-corrected chi connectivity index (χ2v) is 12.7. The second-order valence-electron chi connectivity index (χ2n) is 9.54. The number of carboxylic acid groups (broad SMARTS) is 1. The second kappa shape index (κ2) is 13.1. The van der Waals surface area contributed by atoms with Crippen molar-refractivity contribution in [3.8, 4) is 11.1 Å². The number of carbonyl (C=O) groups is 2. The molecule has 2 aromatic heterocycles. The van der Waals surface area contributed by atoms with Crippen LogP contribution in [0.25, 0.3) is 11.1 Å². The minimum atomic E-state index is -3.44. The smallest absolute Gasteiger partial charge is 0.326 e. The van der Waals surface area contributed by atoms with E-state index in [4.69, 9.17) is 4.74 Å². The number of hydrogen-bond donors (Lipinski definition) is 2. The molecule has 2 heterocycles. The van der Waals surface area contributed by atoms with E-state index < -0.39 is 39.3 Å². The molecule has 0 saturated heterocycles. The number of thiazole rings is 1. The van der Waals surface area contributed by atoms with Gasteiger partial charge in [0.25, 0.3) is 5.91 Å². The largest absolute Gasteiger partial charge is 0.480 e. The van der Waals surface area contributed by atoms with Crippen molar-refractivity contribution in [2.75, 3.05) is 12.0 Å². The number of nitrogens with zero attached hydrogens (tertiary/aromatic N) is 3. The van der Waals surface area contributed by atoms with Crippen LogP contribution in [-0.4, -0.2) is 58.0 Å². The van der Waals surface area contributed by atoms with Crippen molar-refractivity contribution >= 4 is 33.1 Å². The van der Waals surface area contributed by atoms with Gasteiger partial charge in [-0.25, -0.2) is 27.6 Å². The lowest BCUT2D eigenvalue weighted by Crippen LogP contribution is -2.42. The number of amides is 1. The summed E-state index contributed by atoms with van der Waals surface area (Å²) in [6, 6.07) is 9.12. The number of halogens is 1. The van der Waals surface area contributed by atoms with E-state index in [0.717, 1.165) is 22.5 Å². The predicted molar refractivity (Wildman–Crippen MR) is 152 cm³/mol. The fourth-order valence-electron chi connectivity index (χ4n) is 4.15. The van der Waals surface area contributed by atoms with Crippen LogP contribution in [0.3, 0.4) is 0 Å². The summed E-state index contributed by atoms with van der Waals surface area (Å²) < 4.78 is 45.0. The molecular formula is C28H29FN4O6S2. The molecule has 216 valence electrons. The maximum atomic E-state index is 13.7. The van der Waals surface area contributed by atoms with Crippen LogP contribution in [0.1, 0.15) is 39.1 Å². The first kappa shape index (κ1) is 30.0. The number of carbonyl (C=O) groups excluding carboxylic acids is 1. The fourth-order valence-corrected chi connectivity index (χ4v) is 5.50. The van der Waals surface area contributed by atoms with Gasteiger partial charge in [-0.1, -0.05) is 18.2 Å². The molecule has 0 aliphatic heterocycles. The predicted octanol–water partition coefficient (Wildman–Crippen LogP) is 3.80. The highest BCUT2D eigenvalue weighted by atomic mass is 32.2. The maximum absolute atomic E-state index is 13.7. The number of hydrogen-bond acceptors (Lipinski definition) is 8. The molecule has 2 N–H and O–H groups in total. The Morgan fingerprint density at radius 1 is 1.20 bits per heavy atom. The molecule has 0 aliphatic carbocycles. The van der Waals surface area contributed by atoms with Crippen LogP contribution in [0, 0.1) is 5.82 Å². The molecule has 0 spiro atoms. The molecule has 4 aromatic rings. The van der Waals surface area contributed by atoms with Gasteiger partial charge in [-0.05, 0) is 47.4 Å². The van der Waals surface area contributed by atoms with Crippen LogP contribution >= 0.6 is 11.3 Å². The molecule has 0 bridgehead atoms. The molecule has 13 heteroatoms. The third-order valence-electron chi connectivity index (χ3n) is 6.35. The lowest BCUT2D eigenvalue weighted by Gasteiger charge is -2.18. The van der Waals surface area contributed by atoms with Gasteiger partial charge < -0.3 is 19.7 Å². The van der Waals surface area contributed by atoms with E-state index >= 15 is 0 Å². The molecule has 41 heavy (non-hydrogen) atoms. The molecule has 2 aromatic carbocycles. The van der Waals surface area contributed by atoms with Crippen LogP contribution in [0.2, 0.25) is 0 Å². The van der Waals surface area contributed by atoms with Crippen molar-refractivity contribution in [2.45, 2.75) is 31.6 Å². The first-order valence-electron chi connectivity index (χ1n) is 12.6. The van der Waals surface area contributed by atoms with Gasteiger partial charge in [-0.15, -0.1) is 11.3 Å². The zero-order valence-electron chi connectivity index (χ0n) is 22.4. The van der Waals surface area contributed by atoms with E-state index in [2.05, 4.69) is 15.3 Å². The number of aryl methyl sites for hydroxylation is 1. The lowest BCUT2D eigenvalue weighted by molar-refractivity contribution is -0.139. The van der Waals surface area contributed by atoms with Crippen LogP contribution in [-0.2, 0) is 39.4 Å². The summed E-state index contributed by atoms with van der Waals surface area (Å²) in [7, 11) is -1.54. The van der Waals surface area contributed by atoms with Crippen LogP contribution in [0.15, 0.2) is 66.6 Å². The number of ether oxygens (including phenoxy) is 1. The van der Waals surface area contributed by atoms with Gasteiger partial charge in [0.15, 0.2) is 0 Å². The van der Waals surface area contributed by atoms with Crippen molar-refractivity contribution in [3.05, 3.63) is 94.2 Å². The third-order valence-corrected chi connectivity index (χ3v) is 8.20. The molecule has 2 atom stereocenters. The van der Waals surface area contributed by atoms with Crippen molar-refractivity contribution in [1.29, 1.82) is 0 Å². The number of rotatable bonds is 13. The van der Waals surface area contributed by atoms with Gasteiger partial charge in [0, 0.05) is 48.8 Å². The zero-order valence-corrected chi connectivity index (χ0v) is 24.0. The van der Waals surface area contributed by atoms with Gasteiger partial charge in [0.1, 0.15) is 32.8 Å². The number of imidazole rings is 1. The summed E-state index contributed by atoms with van der Waals surface area (Å²) >= 11 is 1.48. The average molecular weight is 601 g/mol. The van der Waals surface area contributed by atoms with E-state index in [1.54, 1.807) is 36.9 Å². The highest BCUT2D eigenvalue weighted by molar-refractivity contribution is 7.90. The fraction of sp³-hybridized carbons (Fsp3) is 0.286. The van der Waals surface area contributed by atoms with Crippen molar-refractivity contribution < 1.29 is 32.2 Å². The maximum Gasteiger partial charge on any atom is 0.326 e. The summed E-state index contributed by atoms with van der Waals surface area (Å²) in [4.78, 5) is 33.6. The zero-order chi connectivity index (χ0) is 29.6. The Hall–Kier alpha value is -3.94. The molecule has 0 saturated carbocycles. The molecule has 1 unspecified atom stereocenters. The number of nitrogens with one attached hydrogen (secondary N) is 1. The summed E-state index contributed by atoms with van der Waals surface area (Å²) in [5.41, 5.74) is 2.81. The van der Waals surface area contributed by atoms with Gasteiger partial charge in [0.05, 0.1) is 18.7 Å². The highest BCUT2D eigenvalue weighted by Crippen LogP contribution is 2.29. The summed E-state index contributed by atoms with van der Waals surface area (Å²) in [6.07, 6.45) is 6.09. The molecule has 0 aliphatic rings. The molecular weight excluding hydrogens is 571 g/mol. The van der Waals surface area contributed by atoms with Crippen LogP contribution in [0.5, 0.6) is 0 Å². The monoisotopic (exact) mass is 600 g/mol. The lowest BCUT2D eigenvalue weighted by atomic mass is 9.96. The van der Waals surface area contributed by atoms with Gasteiger partial charge in [-0.3, -0.25) is 4.79 Å². The summed E-state index contributed by atoms with van der Waals surface area (Å²) in [5.74, 6) is -2.90. The van der Waals surface area contributed by atoms with Gasteiger partial charge in [-0.2, -0.15) is 0 Å². The Bertz CT molecular complexity index is 1600. The standard InChI is InChI=1S/C28H29FN4O6S2/c1-33-17-30-15-21(33)14-25(27-31-10-11-40-27)39-16-18-3-8-22(23(13-18)19-4-6-20(29)7-5-19)26(34)32-24(28(35)36)9-12-41(2,37)38/h3-8,10-11,13,15,17,24-25H,9,12,14,16H2,1-2H3,(H,32,34)(H,35,36)/t24-,25?/m0/s1. The van der Waals surface area contributed by atoms with E-state index in [1.807, 2.05) is 17.0 Å². The normalized spacial score (nSPS) is 13.0. The highest BCUT2D eigenvalue weighted by Gasteiger charge is 2.24. The number of sulfone groups is 1. The summed E-state index contributed by atoms with van der Waals surface area (Å²) in [6.45, 7) is 0.171. The number of benzene rings is 2. The summed E-state index contributed by atoms with van der Waals surface area (Å²) in [5, 5.41) is 14.7. The van der Waals surface area contributed by atoms with Crippen molar-refractivity contribution in [1.82, 2.24) is 19.9 Å². The number of aromatic nitrogens is 3. The van der Waals surface area contributed by atoms with Crippen molar-refractivity contribution in [3.63, 3.8) is 0 Å². The molecule has 1 amide bonds. The van der Waals surface area contributed by atoms with Crippen LogP contribution < -0.4 is 5.32 Å². The average Bonchev–Trinajstić information content (AvgIpc) is 3.60. The molecule has 10 nitrogen and oxygen atoms in total. The molecule has 0 radical (unpaired) electrons. The van der Waals surface area contributed by atoms with Gasteiger partial charge >= 0.3 is 5.97 Å². The Labute approximate surface area is 240 Å². The van der Waals surface area contributed by atoms with E-state index in [-0.39, 0.29) is 24.7 Å². The first-order valence-corrected chi connectivity index (χ1v) is 15.5. The topological polar surface area (TPSA) is 140 Å². The Morgan fingerprint density at radius 3 is 2.56 bits per heavy atom. The van der Waals surface area contributed by atoms with E-state index in [0.29, 0.717) is 17.5 Å². The minimum Gasteiger partial charge on any atom is -0.480 e. The molecule has 0 fully saturated rings. The van der Waals surface area contributed by atoms with E-state index in [9.17, 15) is 27.5 Å². The minimum absolute atomic E-state index is 0.150. The number of carboxylic acids is 1. The Kier molecular flexibility index (Phi) is 9.63. The number of aliphatic carboxylic acids is 1. The van der Waals surface area contributed by atoms with E-state index in [1.165, 1.54) is 35.6 Å². The Balaban J connectivity index is 1.60.